The minimum absolute atomic E-state index is 0.00231. The second kappa shape index (κ2) is 3.93. The SMILES string of the molecule is [2H]c1c(C#N)c(C#N)c(C)c([N+]#[C-])c1C#N. The number of nitriles is 3. The third-order valence-corrected chi connectivity index (χ3v) is 1.91. The fourth-order valence-corrected chi connectivity index (χ4v) is 1.18. The predicted molar refractivity (Wildman–Crippen MR) is 51.6 cm³/mol. The maximum absolute atomic E-state index is 8.87. The zero-order valence-corrected chi connectivity index (χ0v) is 7.79. The van der Waals surface area contributed by atoms with E-state index in [1.54, 1.807) is 18.2 Å². The smallest absolute Gasteiger partial charge is 0.208 e. The van der Waals surface area contributed by atoms with Crippen LogP contribution in [-0.4, -0.2) is 0 Å². The van der Waals surface area contributed by atoms with Gasteiger partial charge in [0.25, 0.3) is 0 Å². The van der Waals surface area contributed by atoms with E-state index in [0.717, 1.165) is 0 Å². The Balaban J connectivity index is 3.98. The molecule has 0 N–H and O–H groups in total. The summed E-state index contributed by atoms with van der Waals surface area (Å²) >= 11 is 0. The van der Waals surface area contributed by atoms with Crippen LogP contribution in [-0.2, 0) is 0 Å². The molecule has 0 aliphatic heterocycles. The first-order valence-electron chi connectivity index (χ1n) is 4.37. The van der Waals surface area contributed by atoms with Gasteiger partial charge in [0.05, 0.1) is 36.8 Å². The Morgan fingerprint density at radius 2 is 1.87 bits per heavy atom. The first kappa shape index (κ1) is 8.76. The molecule has 0 fully saturated rings. The summed E-state index contributed by atoms with van der Waals surface area (Å²) < 4.78 is 7.59. The lowest BCUT2D eigenvalue weighted by atomic mass is 9.98. The molecule has 0 atom stereocenters. The number of benzene rings is 1. The van der Waals surface area contributed by atoms with Crippen LogP contribution in [0.25, 0.3) is 4.85 Å². The molecule has 0 saturated heterocycles. The average molecular weight is 193 g/mol. The summed E-state index contributed by atoms with van der Waals surface area (Å²) in [4.78, 5) is 3.13. The molecule has 0 aliphatic carbocycles. The van der Waals surface area contributed by atoms with E-state index in [0.29, 0.717) is 0 Å². The number of hydrogen-bond donors (Lipinski definition) is 0. The molecule has 0 amide bonds. The van der Waals surface area contributed by atoms with E-state index in [2.05, 4.69) is 4.85 Å². The Labute approximate surface area is 88.4 Å². The highest BCUT2D eigenvalue weighted by Crippen LogP contribution is 2.28. The molecular weight excluding hydrogens is 188 g/mol. The molecule has 0 heterocycles. The molecule has 0 radical (unpaired) electrons. The molecular formula is C11H4N4. The maximum atomic E-state index is 8.87. The largest absolute Gasteiger partial charge is 0.236 e. The number of rotatable bonds is 0. The fraction of sp³-hybridized carbons (Fsp3) is 0.0909. The van der Waals surface area contributed by atoms with E-state index in [1.165, 1.54) is 6.92 Å². The van der Waals surface area contributed by atoms with E-state index in [9.17, 15) is 0 Å². The van der Waals surface area contributed by atoms with E-state index in [4.69, 9.17) is 23.7 Å². The molecule has 4 nitrogen and oxygen atoms in total. The van der Waals surface area contributed by atoms with Crippen molar-refractivity contribution in [3.63, 3.8) is 0 Å². The lowest BCUT2D eigenvalue weighted by Gasteiger charge is -2.03. The van der Waals surface area contributed by atoms with E-state index >= 15 is 0 Å². The molecule has 0 spiro atoms. The Bertz CT molecular complexity index is 522. The van der Waals surface area contributed by atoms with Crippen molar-refractivity contribution >= 4 is 5.69 Å². The van der Waals surface area contributed by atoms with Gasteiger partial charge in [-0.15, -0.1) is 0 Å². The average Bonchev–Trinajstić information content (AvgIpc) is 2.30. The van der Waals surface area contributed by atoms with Crippen molar-refractivity contribution in [1.82, 2.24) is 0 Å². The van der Waals surface area contributed by atoms with E-state index in [1.807, 2.05) is 0 Å². The zero-order valence-electron chi connectivity index (χ0n) is 8.79. The van der Waals surface area contributed by atoms with E-state index < -0.39 is 0 Å². The molecule has 15 heavy (non-hydrogen) atoms. The summed E-state index contributed by atoms with van der Waals surface area (Å²) in [5.74, 6) is 0. The summed E-state index contributed by atoms with van der Waals surface area (Å²) in [6.45, 7) is 8.42. The van der Waals surface area contributed by atoms with Gasteiger partial charge in [0.1, 0.15) is 6.07 Å². The summed E-state index contributed by atoms with van der Waals surface area (Å²) in [7, 11) is 0. The van der Waals surface area contributed by atoms with Gasteiger partial charge in [0.2, 0.25) is 5.69 Å². The minimum Gasteiger partial charge on any atom is -0.236 e. The molecule has 0 saturated carbocycles. The zero-order chi connectivity index (χ0) is 12.3. The van der Waals surface area contributed by atoms with Crippen LogP contribution < -0.4 is 0 Å². The number of nitrogens with zero attached hydrogens (tertiary/aromatic N) is 4. The molecule has 1 aromatic carbocycles. The first-order chi connectivity index (χ1) is 7.62. The Morgan fingerprint density at radius 3 is 2.27 bits per heavy atom. The second-order valence-corrected chi connectivity index (χ2v) is 2.67. The quantitative estimate of drug-likeness (QED) is 0.592. The van der Waals surface area contributed by atoms with Crippen molar-refractivity contribution in [2.45, 2.75) is 6.92 Å². The van der Waals surface area contributed by atoms with Crippen LogP contribution in [0.3, 0.4) is 0 Å². The molecule has 68 valence electrons. The Hall–Kier alpha value is -2.82. The van der Waals surface area contributed by atoms with Crippen LogP contribution in [0.5, 0.6) is 0 Å². The fourth-order valence-electron chi connectivity index (χ4n) is 1.18. The van der Waals surface area contributed by atoms with Gasteiger partial charge >= 0.3 is 0 Å². The van der Waals surface area contributed by atoms with Gasteiger partial charge < -0.3 is 0 Å². The second-order valence-electron chi connectivity index (χ2n) is 2.67. The van der Waals surface area contributed by atoms with Gasteiger partial charge in [-0.3, -0.25) is 0 Å². The van der Waals surface area contributed by atoms with Crippen LogP contribution >= 0.6 is 0 Å². The molecule has 0 aromatic heterocycles. The van der Waals surface area contributed by atoms with Crippen molar-refractivity contribution in [2.75, 3.05) is 0 Å². The van der Waals surface area contributed by atoms with Crippen molar-refractivity contribution in [3.05, 3.63) is 39.7 Å². The standard InChI is InChI=1S/C11H4N4/c1-7-10(6-14)8(4-12)3-9(5-13)11(7)15-2/h3H,1H3/i3D. The van der Waals surface area contributed by atoms with E-state index in [-0.39, 0.29) is 34.0 Å². The Kier molecular flexibility index (Phi) is 2.29. The van der Waals surface area contributed by atoms with Gasteiger partial charge in [-0.25, -0.2) is 4.85 Å². The summed E-state index contributed by atoms with van der Waals surface area (Å²) in [6, 6.07) is 4.87. The van der Waals surface area contributed by atoms with Gasteiger partial charge in [-0.1, -0.05) is 0 Å². The van der Waals surface area contributed by atoms with Crippen molar-refractivity contribution in [1.29, 1.82) is 15.8 Å². The van der Waals surface area contributed by atoms with Crippen molar-refractivity contribution in [3.8, 4) is 18.2 Å². The monoisotopic (exact) mass is 193 g/mol. The lowest BCUT2D eigenvalue weighted by Crippen LogP contribution is -1.92. The summed E-state index contributed by atoms with van der Waals surface area (Å²) in [6.07, 6.45) is 0. The van der Waals surface area contributed by atoms with Gasteiger partial charge in [-0.2, -0.15) is 15.8 Å². The molecule has 4 heteroatoms. The summed E-state index contributed by atoms with van der Waals surface area (Å²) in [5.41, 5.74) is -0.0471. The molecule has 0 unspecified atom stereocenters. The third-order valence-electron chi connectivity index (χ3n) is 1.91. The Morgan fingerprint density at radius 1 is 1.27 bits per heavy atom. The minimum atomic E-state index is -0.349. The van der Waals surface area contributed by atoms with Gasteiger partial charge in [0.15, 0.2) is 0 Å². The summed E-state index contributed by atoms with van der Waals surface area (Å²) in [5, 5.41) is 26.5. The normalized spacial score (nSPS) is 9.00. The van der Waals surface area contributed by atoms with Crippen LogP contribution in [0.2, 0.25) is 0 Å². The molecule has 1 aromatic rings. The van der Waals surface area contributed by atoms with Crippen LogP contribution in [0.4, 0.5) is 5.69 Å². The maximum Gasteiger partial charge on any atom is 0.208 e. The molecule has 0 bridgehead atoms. The first-order valence-corrected chi connectivity index (χ1v) is 3.87. The van der Waals surface area contributed by atoms with Gasteiger partial charge in [-0.05, 0) is 18.5 Å². The molecule has 1 rings (SSSR count). The van der Waals surface area contributed by atoms with Gasteiger partial charge in [0, 0.05) is 0 Å². The topological polar surface area (TPSA) is 75.7 Å². The van der Waals surface area contributed by atoms with Crippen LogP contribution in [0, 0.1) is 47.5 Å². The molecule has 0 aliphatic rings. The van der Waals surface area contributed by atoms with Crippen LogP contribution in [0.15, 0.2) is 6.04 Å². The lowest BCUT2D eigenvalue weighted by molar-refractivity contribution is 1.35. The highest BCUT2D eigenvalue weighted by molar-refractivity contribution is 5.71. The highest BCUT2D eigenvalue weighted by atomic mass is 14.7. The van der Waals surface area contributed by atoms with Crippen molar-refractivity contribution in [2.24, 2.45) is 0 Å². The predicted octanol–water partition coefficient (Wildman–Crippen LogP) is 2.16. The van der Waals surface area contributed by atoms with Crippen LogP contribution in [0.1, 0.15) is 23.6 Å². The third kappa shape index (κ3) is 1.49. The van der Waals surface area contributed by atoms with Crippen molar-refractivity contribution < 1.29 is 1.37 Å². The highest BCUT2D eigenvalue weighted by Gasteiger charge is 2.14. The number of hydrogen-bond acceptors (Lipinski definition) is 3.